The number of rotatable bonds is 11. The fraction of sp³-hybridized carbons (Fsp3) is 0.321. The number of anilines is 1. The molecule has 0 aliphatic heterocycles. The average Bonchev–Trinajstić information content (AvgIpc) is 2.80. The number of hydrogen-bond acceptors (Lipinski definition) is 3. The predicted octanol–water partition coefficient (Wildman–Crippen LogP) is 7.16. The Morgan fingerprint density at radius 2 is 1.58 bits per heavy atom. The van der Waals surface area contributed by atoms with Crippen molar-refractivity contribution in [3.63, 3.8) is 0 Å². The first-order valence-electron chi connectivity index (χ1n) is 11.3. The maximum atomic E-state index is 13.0. The van der Waals surface area contributed by atoms with Gasteiger partial charge in [-0.05, 0) is 55.2 Å². The molecule has 0 amide bonds. The Labute approximate surface area is 186 Å². The predicted molar refractivity (Wildman–Crippen MR) is 129 cm³/mol. The number of carbonyl (C=O) groups excluding carboxylic acids is 1. The van der Waals surface area contributed by atoms with Gasteiger partial charge in [-0.1, -0.05) is 74.4 Å². The summed E-state index contributed by atoms with van der Waals surface area (Å²) in [7, 11) is 0. The van der Waals surface area contributed by atoms with Crippen molar-refractivity contribution in [2.45, 2.75) is 52.5 Å². The van der Waals surface area contributed by atoms with E-state index in [0.29, 0.717) is 6.42 Å². The van der Waals surface area contributed by atoms with Gasteiger partial charge < -0.3 is 10.1 Å². The van der Waals surface area contributed by atoms with E-state index >= 15 is 0 Å². The van der Waals surface area contributed by atoms with Gasteiger partial charge in [0.1, 0.15) is 5.75 Å². The van der Waals surface area contributed by atoms with Crippen LogP contribution in [0.5, 0.6) is 5.75 Å². The highest BCUT2D eigenvalue weighted by Gasteiger charge is 2.18. The summed E-state index contributed by atoms with van der Waals surface area (Å²) in [6.45, 7) is 7.06. The van der Waals surface area contributed by atoms with E-state index in [1.165, 1.54) is 5.56 Å². The second-order valence-electron chi connectivity index (χ2n) is 8.01. The van der Waals surface area contributed by atoms with E-state index in [9.17, 15) is 4.79 Å². The lowest BCUT2D eigenvalue weighted by molar-refractivity contribution is 0.0976. The molecule has 0 spiro atoms. The first-order valence-corrected chi connectivity index (χ1v) is 11.3. The minimum atomic E-state index is -0.119. The molecule has 0 saturated carbocycles. The van der Waals surface area contributed by atoms with Gasteiger partial charge in [-0.15, -0.1) is 0 Å². The van der Waals surface area contributed by atoms with Crippen LogP contribution in [0.25, 0.3) is 0 Å². The van der Waals surface area contributed by atoms with Crippen LogP contribution in [0.4, 0.5) is 5.69 Å². The van der Waals surface area contributed by atoms with E-state index in [1.54, 1.807) is 0 Å². The van der Waals surface area contributed by atoms with E-state index < -0.39 is 0 Å². The lowest BCUT2D eigenvalue weighted by Crippen LogP contribution is -2.16. The number of benzene rings is 3. The molecule has 3 aromatic carbocycles. The SMILES string of the molecule is CCCCOc1ccc(C(CC(=O)c2ccc(C)cc2)Nc2ccc(CC)cc2)cc1. The van der Waals surface area contributed by atoms with Crippen LogP contribution in [0.1, 0.15) is 66.2 Å². The van der Waals surface area contributed by atoms with Crippen molar-refractivity contribution in [1.29, 1.82) is 0 Å². The topological polar surface area (TPSA) is 38.3 Å². The van der Waals surface area contributed by atoms with Crippen LogP contribution in [0.3, 0.4) is 0 Å². The molecule has 0 bridgehead atoms. The third kappa shape index (κ3) is 6.71. The molecule has 3 aromatic rings. The van der Waals surface area contributed by atoms with Gasteiger partial charge >= 0.3 is 0 Å². The Bertz CT molecular complexity index is 944. The molecule has 0 fully saturated rings. The third-order valence-electron chi connectivity index (χ3n) is 5.52. The van der Waals surface area contributed by atoms with Crippen molar-refractivity contribution >= 4 is 11.5 Å². The van der Waals surface area contributed by atoms with Crippen LogP contribution in [-0.4, -0.2) is 12.4 Å². The summed E-state index contributed by atoms with van der Waals surface area (Å²) in [5, 5.41) is 3.57. The first-order chi connectivity index (χ1) is 15.1. The number of ketones is 1. The Morgan fingerprint density at radius 3 is 2.19 bits per heavy atom. The number of carbonyl (C=O) groups is 1. The Kier molecular flexibility index (Phi) is 8.28. The normalized spacial score (nSPS) is 11.7. The Hall–Kier alpha value is -3.07. The fourth-order valence-corrected chi connectivity index (χ4v) is 3.46. The van der Waals surface area contributed by atoms with E-state index in [0.717, 1.165) is 54.0 Å². The second kappa shape index (κ2) is 11.4. The molecule has 31 heavy (non-hydrogen) atoms. The van der Waals surface area contributed by atoms with E-state index in [1.807, 2.05) is 43.3 Å². The number of Topliss-reactive ketones (excluding diaryl/α,β-unsaturated/α-hetero) is 1. The molecule has 0 aliphatic rings. The molecule has 0 saturated heterocycles. The molecule has 0 aromatic heterocycles. The van der Waals surface area contributed by atoms with Crippen LogP contribution < -0.4 is 10.1 Å². The van der Waals surface area contributed by atoms with Gasteiger partial charge in [0.2, 0.25) is 0 Å². The summed E-state index contributed by atoms with van der Waals surface area (Å²) < 4.78 is 5.80. The maximum absolute atomic E-state index is 13.0. The van der Waals surface area contributed by atoms with Gasteiger partial charge in [0.05, 0.1) is 12.6 Å². The van der Waals surface area contributed by atoms with Crippen LogP contribution in [-0.2, 0) is 6.42 Å². The van der Waals surface area contributed by atoms with Gasteiger partial charge in [-0.3, -0.25) is 4.79 Å². The van der Waals surface area contributed by atoms with Crippen LogP contribution in [0.2, 0.25) is 0 Å². The first kappa shape index (κ1) is 22.6. The molecule has 0 aliphatic carbocycles. The number of unbranched alkanes of at least 4 members (excludes halogenated alkanes) is 1. The summed E-state index contributed by atoms with van der Waals surface area (Å²) in [6, 6.07) is 24.2. The largest absolute Gasteiger partial charge is 0.494 e. The van der Waals surface area contributed by atoms with E-state index in [-0.39, 0.29) is 11.8 Å². The molecular weight excluding hydrogens is 382 g/mol. The van der Waals surface area contributed by atoms with Crippen molar-refractivity contribution in [3.05, 3.63) is 95.1 Å². The maximum Gasteiger partial charge on any atom is 0.165 e. The molecule has 3 nitrogen and oxygen atoms in total. The second-order valence-corrected chi connectivity index (χ2v) is 8.01. The highest BCUT2D eigenvalue weighted by atomic mass is 16.5. The average molecular weight is 416 g/mol. The number of hydrogen-bond donors (Lipinski definition) is 1. The van der Waals surface area contributed by atoms with Crippen molar-refractivity contribution in [1.82, 2.24) is 0 Å². The highest BCUT2D eigenvalue weighted by Crippen LogP contribution is 2.27. The molecule has 162 valence electrons. The summed E-state index contributed by atoms with van der Waals surface area (Å²) in [5.41, 5.74) is 5.29. The summed E-state index contributed by atoms with van der Waals surface area (Å²) in [5.74, 6) is 0.999. The molecule has 3 rings (SSSR count). The smallest absolute Gasteiger partial charge is 0.165 e. The number of aryl methyl sites for hydroxylation is 2. The van der Waals surface area contributed by atoms with Gasteiger partial charge in [-0.2, -0.15) is 0 Å². The van der Waals surface area contributed by atoms with Crippen LogP contribution in [0, 0.1) is 6.92 Å². The number of nitrogens with one attached hydrogen (secondary N) is 1. The molecule has 0 heterocycles. The van der Waals surface area contributed by atoms with Gasteiger partial charge in [0, 0.05) is 17.7 Å². The third-order valence-corrected chi connectivity index (χ3v) is 5.52. The zero-order valence-electron chi connectivity index (χ0n) is 18.9. The fourth-order valence-electron chi connectivity index (χ4n) is 3.46. The molecule has 1 unspecified atom stereocenters. The zero-order chi connectivity index (χ0) is 22.1. The van der Waals surface area contributed by atoms with Gasteiger partial charge in [0.25, 0.3) is 0 Å². The highest BCUT2D eigenvalue weighted by molar-refractivity contribution is 5.96. The molecule has 1 atom stereocenters. The summed E-state index contributed by atoms with van der Waals surface area (Å²) >= 11 is 0. The van der Waals surface area contributed by atoms with Gasteiger partial charge in [-0.25, -0.2) is 0 Å². The van der Waals surface area contributed by atoms with Gasteiger partial charge in [0.15, 0.2) is 5.78 Å². The monoisotopic (exact) mass is 415 g/mol. The Balaban J connectivity index is 1.78. The minimum absolute atomic E-state index is 0.119. The lowest BCUT2D eigenvalue weighted by atomic mass is 9.97. The minimum Gasteiger partial charge on any atom is -0.494 e. The lowest BCUT2D eigenvalue weighted by Gasteiger charge is -2.21. The van der Waals surface area contributed by atoms with Crippen molar-refractivity contribution in [2.24, 2.45) is 0 Å². The molecule has 3 heteroatoms. The number of ether oxygens (including phenoxy) is 1. The van der Waals surface area contributed by atoms with Crippen molar-refractivity contribution in [3.8, 4) is 5.75 Å². The van der Waals surface area contributed by atoms with E-state index in [2.05, 4.69) is 55.6 Å². The molecule has 1 N–H and O–H groups in total. The van der Waals surface area contributed by atoms with Crippen molar-refractivity contribution in [2.75, 3.05) is 11.9 Å². The Morgan fingerprint density at radius 1 is 0.903 bits per heavy atom. The van der Waals surface area contributed by atoms with Crippen molar-refractivity contribution < 1.29 is 9.53 Å². The molecular formula is C28H33NO2. The zero-order valence-corrected chi connectivity index (χ0v) is 18.9. The summed E-state index contributed by atoms with van der Waals surface area (Å²) in [4.78, 5) is 13.0. The standard InChI is InChI=1S/C28H33NO2/c1-4-6-19-31-26-17-13-23(14-18-26)27(29-25-15-9-22(5-2)10-16-25)20-28(30)24-11-7-21(3)8-12-24/h7-18,27,29H,4-6,19-20H2,1-3H3. The van der Waals surface area contributed by atoms with Crippen LogP contribution in [0.15, 0.2) is 72.8 Å². The quantitative estimate of drug-likeness (QED) is 0.267. The van der Waals surface area contributed by atoms with E-state index in [4.69, 9.17) is 4.74 Å². The summed E-state index contributed by atoms with van der Waals surface area (Å²) in [6.07, 6.45) is 3.55. The molecule has 0 radical (unpaired) electrons. The van der Waals surface area contributed by atoms with Crippen LogP contribution >= 0.6 is 0 Å².